The van der Waals surface area contributed by atoms with Gasteiger partial charge in [-0.05, 0) is 11.6 Å². The molecule has 2 aromatic heterocycles. The van der Waals surface area contributed by atoms with Gasteiger partial charge >= 0.3 is 0 Å². The summed E-state index contributed by atoms with van der Waals surface area (Å²) in [5.74, 6) is 0.711. The molecular weight excluding hydrogens is 258 g/mol. The maximum absolute atomic E-state index is 9.06. The van der Waals surface area contributed by atoms with Crippen molar-refractivity contribution in [3.05, 3.63) is 40.9 Å². The monoisotopic (exact) mass is 269 g/mol. The Labute approximate surface area is 109 Å². The number of aromatic nitrogens is 3. The average molecular weight is 270 g/mol. The molecule has 4 nitrogen and oxygen atoms in total. The third-order valence-corrected chi connectivity index (χ3v) is 3.83. The summed E-state index contributed by atoms with van der Waals surface area (Å²) in [5, 5.41) is 10.4. The zero-order chi connectivity index (χ0) is 12.3. The van der Waals surface area contributed by atoms with Crippen molar-refractivity contribution in [1.29, 1.82) is 0 Å². The van der Waals surface area contributed by atoms with Gasteiger partial charge in [0, 0.05) is 19.0 Å². The van der Waals surface area contributed by atoms with Gasteiger partial charge in [0.15, 0.2) is 5.16 Å². The van der Waals surface area contributed by atoms with E-state index in [0.717, 1.165) is 16.4 Å². The van der Waals surface area contributed by atoms with Crippen molar-refractivity contribution in [3.8, 4) is 0 Å². The number of nitrogens with zero attached hydrogens (tertiary/aromatic N) is 3. The molecule has 0 saturated carbocycles. The molecular formula is C11H12ClN3OS. The van der Waals surface area contributed by atoms with E-state index in [9.17, 15) is 0 Å². The largest absolute Gasteiger partial charge is 0.390 e. The Morgan fingerprint density at radius 3 is 2.94 bits per heavy atom. The van der Waals surface area contributed by atoms with Gasteiger partial charge in [-0.15, -0.1) is 0 Å². The molecule has 0 fully saturated rings. The predicted octanol–water partition coefficient (Wildman–Crippen LogP) is 2.25. The molecule has 2 aromatic rings. The van der Waals surface area contributed by atoms with Gasteiger partial charge in [-0.1, -0.05) is 29.4 Å². The summed E-state index contributed by atoms with van der Waals surface area (Å²) in [6.45, 7) is -0.00227. The lowest BCUT2D eigenvalue weighted by atomic mass is 10.3. The molecule has 90 valence electrons. The molecule has 0 radical (unpaired) electrons. The second kappa shape index (κ2) is 5.53. The van der Waals surface area contributed by atoms with E-state index in [0.29, 0.717) is 10.9 Å². The average Bonchev–Trinajstić information content (AvgIpc) is 2.69. The van der Waals surface area contributed by atoms with Crippen molar-refractivity contribution in [2.75, 3.05) is 0 Å². The number of hydrogen-bond donors (Lipinski definition) is 1. The molecule has 6 heteroatoms. The lowest BCUT2D eigenvalue weighted by Crippen LogP contribution is -1.97. The van der Waals surface area contributed by atoms with Crippen molar-refractivity contribution in [2.45, 2.75) is 17.5 Å². The van der Waals surface area contributed by atoms with Crippen molar-refractivity contribution in [2.24, 2.45) is 7.05 Å². The first-order chi connectivity index (χ1) is 8.22. The van der Waals surface area contributed by atoms with E-state index in [2.05, 4.69) is 9.97 Å². The minimum atomic E-state index is -0.00227. The third-order valence-electron chi connectivity index (χ3n) is 2.40. The molecule has 1 N–H and O–H groups in total. The summed E-state index contributed by atoms with van der Waals surface area (Å²) < 4.78 is 1.87. The lowest BCUT2D eigenvalue weighted by molar-refractivity contribution is 0.271. The highest BCUT2D eigenvalue weighted by molar-refractivity contribution is 7.98. The molecule has 0 aliphatic rings. The van der Waals surface area contributed by atoms with Gasteiger partial charge < -0.3 is 9.67 Å². The highest BCUT2D eigenvalue weighted by atomic mass is 35.5. The fourth-order valence-electron chi connectivity index (χ4n) is 1.38. The Morgan fingerprint density at radius 2 is 2.29 bits per heavy atom. The Kier molecular flexibility index (Phi) is 4.04. The van der Waals surface area contributed by atoms with Crippen LogP contribution in [0, 0.1) is 0 Å². The summed E-state index contributed by atoms with van der Waals surface area (Å²) in [6.07, 6.45) is 3.34. The fourth-order valence-corrected chi connectivity index (χ4v) is 2.60. The van der Waals surface area contributed by atoms with Gasteiger partial charge in [0.2, 0.25) is 0 Å². The molecule has 0 spiro atoms. The molecule has 0 saturated heterocycles. The van der Waals surface area contributed by atoms with Gasteiger partial charge in [-0.2, -0.15) is 0 Å². The van der Waals surface area contributed by atoms with Crippen molar-refractivity contribution in [3.63, 3.8) is 0 Å². The molecule has 2 rings (SSSR count). The van der Waals surface area contributed by atoms with Crippen molar-refractivity contribution >= 4 is 23.4 Å². The van der Waals surface area contributed by atoms with Crippen LogP contribution < -0.4 is 0 Å². The second-order valence-electron chi connectivity index (χ2n) is 3.49. The molecule has 0 amide bonds. The molecule has 0 aromatic carbocycles. The maximum Gasteiger partial charge on any atom is 0.168 e. The van der Waals surface area contributed by atoms with Crippen LogP contribution in [-0.4, -0.2) is 19.6 Å². The van der Waals surface area contributed by atoms with Crippen LogP contribution in [-0.2, 0) is 19.4 Å². The first-order valence-corrected chi connectivity index (χ1v) is 6.42. The second-order valence-corrected chi connectivity index (χ2v) is 4.79. The number of aliphatic hydroxyl groups is 1. The minimum Gasteiger partial charge on any atom is -0.390 e. The molecule has 0 atom stereocenters. The number of rotatable bonds is 4. The van der Waals surface area contributed by atoms with E-state index >= 15 is 0 Å². The molecule has 0 bridgehead atoms. The highest BCUT2D eigenvalue weighted by Crippen LogP contribution is 2.24. The van der Waals surface area contributed by atoms with E-state index in [1.165, 1.54) is 0 Å². The van der Waals surface area contributed by atoms with Crippen LogP contribution in [0.3, 0.4) is 0 Å². The van der Waals surface area contributed by atoms with Crippen LogP contribution in [0.4, 0.5) is 0 Å². The predicted molar refractivity (Wildman–Crippen MR) is 67.9 cm³/mol. The van der Waals surface area contributed by atoms with E-state index in [-0.39, 0.29) is 6.61 Å². The fraction of sp³-hybridized carbons (Fsp3) is 0.273. The van der Waals surface area contributed by atoms with Crippen molar-refractivity contribution < 1.29 is 5.11 Å². The smallest absolute Gasteiger partial charge is 0.168 e. The number of hydrogen-bond acceptors (Lipinski definition) is 4. The van der Waals surface area contributed by atoms with E-state index < -0.39 is 0 Å². The molecule has 17 heavy (non-hydrogen) atoms. The molecule has 0 aliphatic carbocycles. The summed E-state index contributed by atoms with van der Waals surface area (Å²) in [6, 6.07) is 3.80. The van der Waals surface area contributed by atoms with Crippen LogP contribution in [0.5, 0.6) is 0 Å². The topological polar surface area (TPSA) is 50.9 Å². The molecule has 2 heterocycles. The number of aliphatic hydroxyl groups excluding tert-OH is 1. The zero-order valence-electron chi connectivity index (χ0n) is 9.30. The third kappa shape index (κ3) is 2.80. The zero-order valence-corrected chi connectivity index (χ0v) is 10.9. The van der Waals surface area contributed by atoms with Crippen LogP contribution >= 0.6 is 23.4 Å². The van der Waals surface area contributed by atoms with Gasteiger partial charge in [0.1, 0.15) is 5.15 Å². The number of thioether (sulfide) groups is 1. The van der Waals surface area contributed by atoms with Crippen LogP contribution in [0.15, 0.2) is 29.7 Å². The minimum absolute atomic E-state index is 0.00227. The van der Waals surface area contributed by atoms with Crippen LogP contribution in [0.25, 0.3) is 0 Å². The molecule has 0 aliphatic heterocycles. The Bertz CT molecular complexity index is 515. The summed E-state index contributed by atoms with van der Waals surface area (Å²) >= 11 is 7.54. The highest BCUT2D eigenvalue weighted by Gasteiger charge is 2.07. The first kappa shape index (κ1) is 12.4. The Balaban J connectivity index is 2.07. The van der Waals surface area contributed by atoms with Gasteiger partial charge in [0.05, 0.1) is 18.5 Å². The standard InChI is InChI=1S/C11H12ClN3OS/c1-15-9(6-16)5-14-11(15)17-7-8-3-2-4-13-10(8)12/h2-5,16H,6-7H2,1H3. The first-order valence-electron chi connectivity index (χ1n) is 5.06. The van der Waals surface area contributed by atoms with Gasteiger partial charge in [-0.3, -0.25) is 0 Å². The summed E-state index contributed by atoms with van der Waals surface area (Å²) in [4.78, 5) is 8.25. The summed E-state index contributed by atoms with van der Waals surface area (Å²) in [5.41, 5.74) is 1.78. The Morgan fingerprint density at radius 1 is 1.47 bits per heavy atom. The summed E-state index contributed by atoms with van der Waals surface area (Å²) in [7, 11) is 1.88. The number of halogens is 1. The van der Waals surface area contributed by atoms with E-state index in [1.54, 1.807) is 24.2 Å². The van der Waals surface area contributed by atoms with E-state index in [4.69, 9.17) is 16.7 Å². The van der Waals surface area contributed by atoms with Crippen LogP contribution in [0.1, 0.15) is 11.3 Å². The Hall–Kier alpha value is -1.04. The lowest BCUT2D eigenvalue weighted by Gasteiger charge is -2.04. The SMILES string of the molecule is Cn1c(CO)cnc1SCc1cccnc1Cl. The van der Waals surface area contributed by atoms with Crippen molar-refractivity contribution in [1.82, 2.24) is 14.5 Å². The molecule has 0 unspecified atom stereocenters. The maximum atomic E-state index is 9.06. The number of pyridine rings is 1. The van der Waals surface area contributed by atoms with Gasteiger partial charge in [0.25, 0.3) is 0 Å². The normalized spacial score (nSPS) is 10.8. The van der Waals surface area contributed by atoms with Gasteiger partial charge in [-0.25, -0.2) is 9.97 Å². The number of imidazole rings is 1. The quantitative estimate of drug-likeness (QED) is 0.683. The van der Waals surface area contributed by atoms with Crippen LogP contribution in [0.2, 0.25) is 5.15 Å². The van der Waals surface area contributed by atoms with E-state index in [1.807, 2.05) is 23.7 Å².